The van der Waals surface area contributed by atoms with Crippen LogP contribution in [0.4, 0.5) is 0 Å². The van der Waals surface area contributed by atoms with E-state index in [4.69, 9.17) is 0 Å². The highest BCUT2D eigenvalue weighted by Crippen LogP contribution is 2.33. The van der Waals surface area contributed by atoms with Gasteiger partial charge in [0.05, 0.1) is 6.04 Å². The van der Waals surface area contributed by atoms with Crippen LogP contribution < -0.4 is 10.6 Å². The fourth-order valence-electron chi connectivity index (χ4n) is 4.93. The zero-order chi connectivity index (χ0) is 13.5. The molecule has 0 aromatic rings. The minimum atomic E-state index is 0.0820. The number of amides is 1. The predicted molar refractivity (Wildman–Crippen MR) is 78.4 cm³/mol. The second-order valence-corrected chi connectivity index (χ2v) is 7.36. The molecule has 1 aliphatic carbocycles. The van der Waals surface area contributed by atoms with Crippen LogP contribution in [-0.2, 0) is 4.79 Å². The smallest absolute Gasteiger partial charge is 0.237 e. The van der Waals surface area contributed by atoms with E-state index in [1.165, 1.54) is 51.6 Å². The molecule has 0 spiro atoms. The lowest BCUT2D eigenvalue weighted by Crippen LogP contribution is -2.59. The Hall–Kier alpha value is -0.610. The second-order valence-electron chi connectivity index (χ2n) is 7.36. The summed E-state index contributed by atoms with van der Waals surface area (Å²) in [7, 11) is 0. The number of fused-ring (bicyclic) bond motifs is 4. The number of nitrogens with zero attached hydrogens (tertiary/aromatic N) is 1. The van der Waals surface area contributed by atoms with Crippen LogP contribution in [0.5, 0.6) is 0 Å². The maximum absolute atomic E-state index is 12.5. The van der Waals surface area contributed by atoms with Crippen molar-refractivity contribution >= 4 is 5.91 Å². The molecular formula is C16H27N3O. The summed E-state index contributed by atoms with van der Waals surface area (Å²) < 4.78 is 0. The third-order valence-corrected chi connectivity index (χ3v) is 6.16. The maximum Gasteiger partial charge on any atom is 0.237 e. The number of nitrogens with one attached hydrogen (secondary N) is 2. The van der Waals surface area contributed by atoms with Gasteiger partial charge in [0.1, 0.15) is 0 Å². The topological polar surface area (TPSA) is 44.4 Å². The van der Waals surface area contributed by atoms with Crippen LogP contribution in [0, 0.1) is 11.8 Å². The van der Waals surface area contributed by atoms with Gasteiger partial charge in [-0.2, -0.15) is 0 Å². The molecule has 5 fully saturated rings. The molecule has 4 heteroatoms. The van der Waals surface area contributed by atoms with Gasteiger partial charge in [-0.15, -0.1) is 0 Å². The number of hydrogen-bond acceptors (Lipinski definition) is 3. The van der Waals surface area contributed by atoms with Gasteiger partial charge in [0.2, 0.25) is 5.91 Å². The summed E-state index contributed by atoms with van der Waals surface area (Å²) in [5.41, 5.74) is 0. The molecule has 1 amide bonds. The summed E-state index contributed by atoms with van der Waals surface area (Å²) >= 11 is 0. The van der Waals surface area contributed by atoms with E-state index < -0.39 is 0 Å². The number of hydrogen-bond donors (Lipinski definition) is 2. The average molecular weight is 277 g/mol. The summed E-state index contributed by atoms with van der Waals surface area (Å²) in [5.74, 6) is 1.76. The van der Waals surface area contributed by atoms with E-state index >= 15 is 0 Å². The van der Waals surface area contributed by atoms with E-state index in [0.717, 1.165) is 24.8 Å². The molecule has 4 atom stereocenters. The summed E-state index contributed by atoms with van der Waals surface area (Å²) in [6, 6.07) is 1.11. The Balaban J connectivity index is 1.34. The Morgan fingerprint density at radius 2 is 1.85 bits per heavy atom. The minimum absolute atomic E-state index is 0.0820. The molecule has 1 saturated carbocycles. The third kappa shape index (κ3) is 2.37. The lowest BCUT2D eigenvalue weighted by molar-refractivity contribution is -0.125. The highest BCUT2D eigenvalue weighted by molar-refractivity contribution is 5.82. The van der Waals surface area contributed by atoms with E-state index in [9.17, 15) is 4.79 Å². The Labute approximate surface area is 121 Å². The molecule has 0 radical (unpaired) electrons. The van der Waals surface area contributed by atoms with E-state index in [2.05, 4.69) is 15.5 Å². The lowest BCUT2D eigenvalue weighted by Gasteiger charge is -2.45. The molecule has 0 aromatic heterocycles. The fourth-order valence-corrected chi connectivity index (χ4v) is 4.93. The zero-order valence-electron chi connectivity index (χ0n) is 12.3. The number of carbonyl (C=O) groups excluding carboxylic acids is 1. The van der Waals surface area contributed by atoms with Gasteiger partial charge < -0.3 is 15.5 Å². The normalized spacial score (nSPS) is 47.0. The molecule has 20 heavy (non-hydrogen) atoms. The third-order valence-electron chi connectivity index (χ3n) is 6.16. The van der Waals surface area contributed by atoms with Crippen LogP contribution in [0.3, 0.4) is 0 Å². The van der Waals surface area contributed by atoms with Crippen LogP contribution in [0.2, 0.25) is 0 Å². The zero-order valence-corrected chi connectivity index (χ0v) is 12.3. The first kappa shape index (κ1) is 13.1. The van der Waals surface area contributed by atoms with E-state index in [1.807, 2.05) is 0 Å². The fraction of sp³-hybridized carbons (Fsp3) is 0.938. The van der Waals surface area contributed by atoms with Gasteiger partial charge >= 0.3 is 0 Å². The molecule has 112 valence electrons. The van der Waals surface area contributed by atoms with Crippen LogP contribution in [0.25, 0.3) is 0 Å². The van der Waals surface area contributed by atoms with Gasteiger partial charge in [-0.1, -0.05) is 12.8 Å². The van der Waals surface area contributed by atoms with Crippen molar-refractivity contribution in [2.75, 3.05) is 19.6 Å². The molecule has 4 unspecified atom stereocenters. The Kier molecular flexibility index (Phi) is 3.47. The molecule has 4 saturated heterocycles. The Bertz CT molecular complexity index is 364. The van der Waals surface area contributed by atoms with Crippen molar-refractivity contribution < 1.29 is 4.79 Å². The van der Waals surface area contributed by atoms with Gasteiger partial charge in [0.15, 0.2) is 0 Å². The predicted octanol–water partition coefficient (Wildman–Crippen LogP) is 1.12. The molecular weight excluding hydrogens is 250 g/mol. The molecule has 4 nitrogen and oxygen atoms in total. The number of piperidine rings is 3. The maximum atomic E-state index is 12.5. The largest absolute Gasteiger partial charge is 0.350 e. The van der Waals surface area contributed by atoms with Crippen molar-refractivity contribution in [1.29, 1.82) is 0 Å². The van der Waals surface area contributed by atoms with Gasteiger partial charge in [-0.05, 0) is 57.0 Å². The summed E-state index contributed by atoms with van der Waals surface area (Å²) in [6.45, 7) is 3.56. The first-order valence-corrected chi connectivity index (χ1v) is 8.58. The summed E-state index contributed by atoms with van der Waals surface area (Å²) in [6.07, 6.45) is 8.90. The van der Waals surface area contributed by atoms with Gasteiger partial charge in [0.25, 0.3) is 0 Å². The number of rotatable bonds is 2. The van der Waals surface area contributed by atoms with Crippen LogP contribution >= 0.6 is 0 Å². The SMILES string of the molecule is O=C(NC1CN2CCC1CC2)C1CC2CCCCC2N1. The van der Waals surface area contributed by atoms with Crippen molar-refractivity contribution in [3.63, 3.8) is 0 Å². The second kappa shape index (κ2) is 5.30. The van der Waals surface area contributed by atoms with Crippen LogP contribution in [-0.4, -0.2) is 48.6 Å². The van der Waals surface area contributed by atoms with Gasteiger partial charge in [-0.3, -0.25) is 4.79 Å². The van der Waals surface area contributed by atoms with Crippen molar-refractivity contribution in [2.45, 2.75) is 63.1 Å². The van der Waals surface area contributed by atoms with E-state index in [-0.39, 0.29) is 11.9 Å². The standard InChI is InChI=1S/C16H27N3O/c20-16(14-9-12-3-1-2-4-13(12)17-14)18-15-10-19-7-5-11(15)6-8-19/h11-15,17H,1-10H2,(H,18,20). The average Bonchev–Trinajstić information content (AvgIpc) is 2.92. The minimum Gasteiger partial charge on any atom is -0.350 e. The monoisotopic (exact) mass is 277 g/mol. The quantitative estimate of drug-likeness (QED) is 0.795. The summed E-state index contributed by atoms with van der Waals surface area (Å²) in [5, 5.41) is 6.96. The molecule has 4 heterocycles. The van der Waals surface area contributed by atoms with Crippen LogP contribution in [0.1, 0.15) is 44.9 Å². The van der Waals surface area contributed by atoms with Crippen molar-refractivity contribution in [3.8, 4) is 0 Å². The first-order chi connectivity index (χ1) is 9.79. The van der Waals surface area contributed by atoms with E-state index in [0.29, 0.717) is 12.1 Å². The van der Waals surface area contributed by atoms with Gasteiger partial charge in [-0.25, -0.2) is 0 Å². The molecule has 5 aliphatic rings. The lowest BCUT2D eigenvalue weighted by atomic mass is 9.83. The molecule has 0 aromatic carbocycles. The van der Waals surface area contributed by atoms with E-state index in [1.54, 1.807) is 0 Å². The molecule has 2 N–H and O–H groups in total. The molecule has 5 rings (SSSR count). The van der Waals surface area contributed by atoms with Crippen molar-refractivity contribution in [2.24, 2.45) is 11.8 Å². The molecule has 4 aliphatic heterocycles. The first-order valence-electron chi connectivity index (χ1n) is 8.58. The molecule has 2 bridgehead atoms. The van der Waals surface area contributed by atoms with Crippen LogP contribution in [0.15, 0.2) is 0 Å². The highest BCUT2D eigenvalue weighted by atomic mass is 16.2. The Morgan fingerprint density at radius 1 is 1.05 bits per heavy atom. The number of carbonyl (C=O) groups is 1. The van der Waals surface area contributed by atoms with Gasteiger partial charge in [0, 0.05) is 18.6 Å². The highest BCUT2D eigenvalue weighted by Gasteiger charge is 2.40. The van der Waals surface area contributed by atoms with Crippen molar-refractivity contribution in [3.05, 3.63) is 0 Å². The Morgan fingerprint density at radius 3 is 2.55 bits per heavy atom. The van der Waals surface area contributed by atoms with Crippen molar-refractivity contribution in [1.82, 2.24) is 15.5 Å². The summed E-state index contributed by atoms with van der Waals surface area (Å²) in [4.78, 5) is 15.0.